The van der Waals surface area contributed by atoms with Crippen LogP contribution in [0.1, 0.15) is 46.0 Å². The third-order valence-electron chi connectivity index (χ3n) is 4.18. The highest BCUT2D eigenvalue weighted by atomic mass is 16.2. The van der Waals surface area contributed by atoms with Crippen LogP contribution in [0.3, 0.4) is 0 Å². The Morgan fingerprint density at radius 1 is 1.21 bits per heavy atom. The van der Waals surface area contributed by atoms with E-state index in [0.717, 1.165) is 11.0 Å². The van der Waals surface area contributed by atoms with Gasteiger partial charge in [-0.1, -0.05) is 19.1 Å². The molecule has 0 spiro atoms. The summed E-state index contributed by atoms with van der Waals surface area (Å²) in [6.45, 7) is 9.24. The zero-order valence-electron chi connectivity index (χ0n) is 14.9. The van der Waals surface area contributed by atoms with Gasteiger partial charge in [-0.2, -0.15) is 0 Å². The van der Waals surface area contributed by atoms with E-state index in [9.17, 15) is 9.59 Å². The lowest BCUT2D eigenvalue weighted by atomic mass is 10.3. The number of fused-ring (bicyclic) bond motifs is 1. The summed E-state index contributed by atoms with van der Waals surface area (Å²) in [7, 11) is 0. The molecular weight excluding hydrogens is 304 g/mol. The second-order valence-corrected chi connectivity index (χ2v) is 5.75. The number of likely N-dealkylation sites (N-methyl/N-ethyl adjacent to an activating group) is 1. The normalized spacial score (nSPS) is 12.2. The van der Waals surface area contributed by atoms with Gasteiger partial charge in [0.25, 0.3) is 0 Å². The van der Waals surface area contributed by atoms with Crippen molar-refractivity contribution in [3.63, 3.8) is 0 Å². The van der Waals surface area contributed by atoms with E-state index in [1.165, 1.54) is 0 Å². The highest BCUT2D eigenvalue weighted by Crippen LogP contribution is 2.21. The number of hydrogen-bond acceptors (Lipinski definition) is 3. The highest BCUT2D eigenvalue weighted by Gasteiger charge is 2.20. The first-order chi connectivity index (χ1) is 11.5. The van der Waals surface area contributed by atoms with Gasteiger partial charge in [0.1, 0.15) is 12.4 Å². The Kier molecular flexibility index (Phi) is 5.95. The van der Waals surface area contributed by atoms with Crippen LogP contribution in [0.2, 0.25) is 0 Å². The maximum atomic E-state index is 12.6. The third-order valence-corrected chi connectivity index (χ3v) is 4.18. The quantitative estimate of drug-likeness (QED) is 0.848. The van der Waals surface area contributed by atoms with Gasteiger partial charge in [-0.05, 0) is 32.9 Å². The minimum absolute atomic E-state index is 0.0313. The Bertz CT molecular complexity index is 719. The smallest absolute Gasteiger partial charge is 0.242 e. The van der Waals surface area contributed by atoms with E-state index in [-0.39, 0.29) is 24.4 Å². The fourth-order valence-electron chi connectivity index (χ4n) is 2.81. The van der Waals surface area contributed by atoms with Crippen LogP contribution in [0.4, 0.5) is 0 Å². The molecule has 0 aliphatic carbocycles. The molecule has 0 bridgehead atoms. The molecule has 0 saturated heterocycles. The van der Waals surface area contributed by atoms with Gasteiger partial charge in [0.15, 0.2) is 0 Å². The third kappa shape index (κ3) is 3.75. The van der Waals surface area contributed by atoms with Crippen LogP contribution < -0.4 is 5.32 Å². The van der Waals surface area contributed by atoms with Crippen LogP contribution in [0, 0.1) is 0 Å². The van der Waals surface area contributed by atoms with Gasteiger partial charge in [0.05, 0.1) is 17.1 Å². The molecule has 0 aliphatic rings. The van der Waals surface area contributed by atoms with Crippen molar-refractivity contribution < 1.29 is 9.59 Å². The number of imidazole rings is 1. The minimum Gasteiger partial charge on any atom is -0.346 e. The molecule has 2 amide bonds. The maximum absolute atomic E-state index is 12.6. The molecule has 1 N–H and O–H groups in total. The van der Waals surface area contributed by atoms with Gasteiger partial charge < -0.3 is 14.8 Å². The van der Waals surface area contributed by atoms with Crippen molar-refractivity contribution in [1.29, 1.82) is 0 Å². The van der Waals surface area contributed by atoms with Crippen molar-refractivity contribution in [1.82, 2.24) is 19.8 Å². The van der Waals surface area contributed by atoms with Gasteiger partial charge in [-0.15, -0.1) is 0 Å². The van der Waals surface area contributed by atoms with E-state index >= 15 is 0 Å². The van der Waals surface area contributed by atoms with Crippen molar-refractivity contribution in [3.8, 4) is 0 Å². The Morgan fingerprint density at radius 3 is 2.50 bits per heavy atom. The average Bonchev–Trinajstić information content (AvgIpc) is 2.94. The second kappa shape index (κ2) is 7.95. The zero-order chi connectivity index (χ0) is 17.7. The average molecular weight is 330 g/mol. The highest BCUT2D eigenvalue weighted by molar-refractivity contribution is 5.81. The lowest BCUT2D eigenvalue weighted by Gasteiger charge is -2.21. The van der Waals surface area contributed by atoms with Crippen molar-refractivity contribution in [3.05, 3.63) is 30.1 Å². The first-order valence-corrected chi connectivity index (χ1v) is 8.54. The molecule has 0 fully saturated rings. The van der Waals surface area contributed by atoms with Crippen molar-refractivity contribution in [2.45, 2.75) is 46.7 Å². The summed E-state index contributed by atoms with van der Waals surface area (Å²) in [5, 5.41) is 2.93. The first-order valence-electron chi connectivity index (χ1n) is 8.54. The Labute approximate surface area is 142 Å². The maximum Gasteiger partial charge on any atom is 0.242 e. The van der Waals surface area contributed by atoms with E-state index < -0.39 is 0 Å². The number of nitrogens with one attached hydrogen (secondary N) is 1. The van der Waals surface area contributed by atoms with E-state index in [2.05, 4.69) is 10.3 Å². The monoisotopic (exact) mass is 330 g/mol. The fraction of sp³-hybridized carbons (Fsp3) is 0.500. The molecule has 1 heterocycles. The van der Waals surface area contributed by atoms with E-state index in [4.69, 9.17) is 0 Å². The van der Waals surface area contributed by atoms with Crippen molar-refractivity contribution >= 4 is 22.8 Å². The number of carbonyl (C=O) groups is 2. The Hall–Kier alpha value is -2.37. The summed E-state index contributed by atoms with van der Waals surface area (Å²) >= 11 is 0. The SMILES string of the molecule is CCC(=O)NC(C)c1nc2ccccc2n1CC(=O)N(CC)CC. The van der Waals surface area contributed by atoms with Crippen LogP contribution in [0.5, 0.6) is 0 Å². The number of aromatic nitrogens is 2. The van der Waals surface area contributed by atoms with Gasteiger partial charge in [-0.25, -0.2) is 4.98 Å². The van der Waals surface area contributed by atoms with Gasteiger partial charge in [0, 0.05) is 19.5 Å². The first kappa shape index (κ1) is 18.0. The number of para-hydroxylation sites is 2. The van der Waals surface area contributed by atoms with Crippen LogP contribution in [0.15, 0.2) is 24.3 Å². The van der Waals surface area contributed by atoms with E-state index in [0.29, 0.717) is 25.3 Å². The molecular formula is C18H26N4O2. The lowest BCUT2D eigenvalue weighted by Crippen LogP contribution is -2.35. The summed E-state index contributed by atoms with van der Waals surface area (Å²) in [5.41, 5.74) is 1.74. The van der Waals surface area contributed by atoms with E-state index in [1.807, 2.05) is 56.5 Å². The zero-order valence-corrected chi connectivity index (χ0v) is 14.9. The number of carbonyl (C=O) groups excluding carboxylic acids is 2. The van der Waals surface area contributed by atoms with Crippen LogP contribution in [-0.2, 0) is 16.1 Å². The number of hydrogen-bond donors (Lipinski definition) is 1. The summed E-state index contributed by atoms with van der Waals surface area (Å²) in [4.78, 5) is 30.7. The molecule has 2 aromatic rings. The molecule has 1 aromatic heterocycles. The van der Waals surface area contributed by atoms with Crippen LogP contribution >= 0.6 is 0 Å². The Balaban J connectivity index is 2.40. The van der Waals surface area contributed by atoms with Gasteiger partial charge >= 0.3 is 0 Å². The summed E-state index contributed by atoms with van der Waals surface area (Å²) in [6, 6.07) is 7.47. The molecule has 0 saturated carbocycles. The molecule has 0 radical (unpaired) electrons. The lowest BCUT2D eigenvalue weighted by molar-refractivity contribution is -0.131. The number of nitrogens with zero attached hydrogens (tertiary/aromatic N) is 3. The van der Waals surface area contributed by atoms with Gasteiger partial charge in [-0.3, -0.25) is 9.59 Å². The molecule has 6 heteroatoms. The standard InChI is InChI=1S/C18H26N4O2/c1-5-16(23)19-13(4)18-20-14-10-8-9-11-15(14)22(18)12-17(24)21(6-2)7-3/h8-11,13H,5-7,12H2,1-4H3,(H,19,23). The predicted octanol–water partition coefficient (Wildman–Crippen LogP) is 2.49. The predicted molar refractivity (Wildman–Crippen MR) is 94.5 cm³/mol. The van der Waals surface area contributed by atoms with E-state index in [1.54, 1.807) is 4.90 Å². The number of rotatable bonds is 7. The Morgan fingerprint density at radius 2 is 1.88 bits per heavy atom. The number of amides is 2. The minimum atomic E-state index is -0.255. The molecule has 1 aromatic carbocycles. The molecule has 1 unspecified atom stereocenters. The largest absolute Gasteiger partial charge is 0.346 e. The van der Waals surface area contributed by atoms with Crippen molar-refractivity contribution in [2.24, 2.45) is 0 Å². The number of benzene rings is 1. The second-order valence-electron chi connectivity index (χ2n) is 5.75. The summed E-state index contributed by atoms with van der Waals surface area (Å²) < 4.78 is 1.91. The molecule has 6 nitrogen and oxygen atoms in total. The molecule has 2 rings (SSSR count). The summed E-state index contributed by atoms with van der Waals surface area (Å²) in [6.07, 6.45) is 0.420. The van der Waals surface area contributed by atoms with Crippen molar-refractivity contribution in [2.75, 3.05) is 13.1 Å². The molecule has 1 atom stereocenters. The fourth-order valence-corrected chi connectivity index (χ4v) is 2.81. The van der Waals surface area contributed by atoms with Crippen LogP contribution in [-0.4, -0.2) is 39.4 Å². The molecule has 130 valence electrons. The summed E-state index contributed by atoms with van der Waals surface area (Å²) in [5.74, 6) is 0.730. The molecule has 24 heavy (non-hydrogen) atoms. The topological polar surface area (TPSA) is 67.2 Å². The van der Waals surface area contributed by atoms with Gasteiger partial charge in [0.2, 0.25) is 11.8 Å². The molecule has 0 aliphatic heterocycles. The van der Waals surface area contributed by atoms with Crippen LogP contribution in [0.25, 0.3) is 11.0 Å².